The van der Waals surface area contributed by atoms with Crippen LogP contribution < -0.4 is 0 Å². The molecule has 0 saturated heterocycles. The molecule has 0 unspecified atom stereocenters. The van der Waals surface area contributed by atoms with Crippen molar-refractivity contribution in [3.05, 3.63) is 115 Å². The van der Waals surface area contributed by atoms with Crippen LogP contribution in [0.2, 0.25) is 0 Å². The highest BCUT2D eigenvalue weighted by atomic mass is 32.2. The van der Waals surface area contributed by atoms with Crippen LogP contribution in [-0.4, -0.2) is 75.4 Å². The van der Waals surface area contributed by atoms with E-state index in [9.17, 15) is 34.8 Å². The molecule has 0 spiro atoms. The Kier molecular flexibility index (Phi) is 23.8. The van der Waals surface area contributed by atoms with Gasteiger partial charge in [-0.3, -0.25) is 14.4 Å². The third kappa shape index (κ3) is 20.8. The summed E-state index contributed by atoms with van der Waals surface area (Å²) in [4.78, 5) is 38.9. The van der Waals surface area contributed by atoms with Crippen molar-refractivity contribution in [2.75, 3.05) is 37.1 Å². The lowest BCUT2D eigenvalue weighted by Gasteiger charge is -2.28. The molecule has 13 heteroatoms. The highest BCUT2D eigenvalue weighted by molar-refractivity contribution is 7.99. The number of rotatable bonds is 24. The topological polar surface area (TPSA) is 160 Å². The number of esters is 3. The summed E-state index contributed by atoms with van der Waals surface area (Å²) >= 11 is 4.79. The van der Waals surface area contributed by atoms with Gasteiger partial charge in [0.05, 0.1) is 0 Å². The van der Waals surface area contributed by atoms with Crippen LogP contribution in [0.25, 0.3) is 0 Å². The number of thioether (sulfide) groups is 3. The van der Waals surface area contributed by atoms with Crippen LogP contribution in [0.5, 0.6) is 23.0 Å². The minimum Gasteiger partial charge on any atom is -0.507 e. The second-order valence-electron chi connectivity index (χ2n) is 27.2. The number of aryl methyl sites for hydroxylation is 3. The maximum absolute atomic E-state index is 13.0. The van der Waals surface area contributed by atoms with Crippen LogP contribution in [-0.2, 0) is 97.6 Å². The number of hydrogen-bond donors (Lipinski definition) is 4. The molecule has 10 nitrogen and oxygen atoms in total. The molecule has 4 N–H and O–H groups in total. The monoisotopic (exact) mass is 1140 g/mol. The summed E-state index contributed by atoms with van der Waals surface area (Å²) in [6.07, 6.45) is 2.17. The van der Waals surface area contributed by atoms with E-state index < -0.39 is 0 Å². The van der Waals surface area contributed by atoms with Crippen molar-refractivity contribution < 1.29 is 49.0 Å². The Labute approximate surface area is 487 Å². The number of ether oxygens (including phenoxy) is 3. The largest absolute Gasteiger partial charge is 0.507 e. The average Bonchev–Trinajstić information content (AvgIpc) is 3.31. The zero-order valence-electron chi connectivity index (χ0n) is 51.2. The molecule has 0 aliphatic rings. The van der Waals surface area contributed by atoms with Crippen molar-refractivity contribution in [1.29, 1.82) is 0 Å². The molecule has 438 valence electrons. The predicted molar refractivity (Wildman–Crippen MR) is 331 cm³/mol. The normalized spacial score (nSPS) is 12.7. The number of phenols is 4. The predicted octanol–water partition coefficient (Wildman–Crippen LogP) is 15.5. The van der Waals surface area contributed by atoms with E-state index >= 15 is 0 Å². The quantitative estimate of drug-likeness (QED) is 0.0299. The van der Waals surface area contributed by atoms with Crippen molar-refractivity contribution in [2.24, 2.45) is 0 Å². The van der Waals surface area contributed by atoms with E-state index in [4.69, 9.17) is 14.2 Å². The first kappa shape index (κ1) is 67.0. The van der Waals surface area contributed by atoms with Gasteiger partial charge >= 0.3 is 17.9 Å². The Morgan fingerprint density at radius 3 is 0.797 bits per heavy atom. The molecule has 0 radical (unpaired) electrons. The zero-order valence-corrected chi connectivity index (χ0v) is 53.6. The third-order valence-electron chi connectivity index (χ3n) is 13.8. The van der Waals surface area contributed by atoms with Gasteiger partial charge in [-0.05, 0) is 107 Å². The number of hydrogen-bond acceptors (Lipinski definition) is 13. The van der Waals surface area contributed by atoms with Crippen molar-refractivity contribution >= 4 is 53.2 Å². The molecular weight excluding hydrogens is 1050 g/mol. The van der Waals surface area contributed by atoms with Gasteiger partial charge < -0.3 is 34.6 Å². The molecule has 0 bridgehead atoms. The first-order valence-electron chi connectivity index (χ1n) is 28.0. The number of carbonyl (C=O) groups excluding carboxylic acids is 3. The van der Waals surface area contributed by atoms with E-state index in [1.807, 2.05) is 48.5 Å². The third-order valence-corrected chi connectivity index (χ3v) is 16.7. The maximum atomic E-state index is 13.0. The lowest BCUT2D eigenvalue weighted by Crippen LogP contribution is -2.18. The fourth-order valence-corrected chi connectivity index (χ4v) is 11.6. The summed E-state index contributed by atoms with van der Waals surface area (Å²) in [5, 5.41) is 45.0. The van der Waals surface area contributed by atoms with E-state index in [0.29, 0.717) is 71.0 Å². The van der Waals surface area contributed by atoms with Gasteiger partial charge in [-0.25, -0.2) is 0 Å². The van der Waals surface area contributed by atoms with Crippen molar-refractivity contribution in [1.82, 2.24) is 0 Å². The molecular formula is C66H96O10S3. The Hall–Kier alpha value is -4.46. The smallest absolute Gasteiger partial charge is 0.306 e. The first-order chi connectivity index (χ1) is 36.4. The maximum Gasteiger partial charge on any atom is 0.306 e. The summed E-state index contributed by atoms with van der Waals surface area (Å²) in [6.45, 7) is 38.0. The Balaban J connectivity index is 1.35. The number of phenolic OH excluding ortho intramolecular Hbond substituents is 4. The Morgan fingerprint density at radius 1 is 0.342 bits per heavy atom. The summed E-state index contributed by atoms with van der Waals surface area (Å²) in [5.41, 5.74) is 9.12. The molecule has 0 saturated carbocycles. The average molecular weight is 1150 g/mol. The van der Waals surface area contributed by atoms with E-state index in [1.54, 1.807) is 35.3 Å². The van der Waals surface area contributed by atoms with E-state index in [2.05, 4.69) is 125 Å². The second-order valence-corrected chi connectivity index (χ2v) is 30.5. The summed E-state index contributed by atoms with van der Waals surface area (Å²) in [5.74, 6) is 3.60. The van der Waals surface area contributed by atoms with E-state index in [0.717, 1.165) is 66.8 Å². The van der Waals surface area contributed by atoms with Gasteiger partial charge in [-0.15, -0.1) is 0 Å². The molecule has 79 heavy (non-hydrogen) atoms. The fourth-order valence-electron chi connectivity index (χ4n) is 9.23. The molecule has 0 atom stereocenters. The van der Waals surface area contributed by atoms with Crippen molar-refractivity contribution in [3.63, 3.8) is 0 Å². The summed E-state index contributed by atoms with van der Waals surface area (Å²) in [6, 6.07) is 16.0. The molecule has 0 fully saturated rings. The molecule has 0 aromatic heterocycles. The van der Waals surface area contributed by atoms with Crippen molar-refractivity contribution in [3.8, 4) is 23.0 Å². The standard InChI is InChI=1S/C66H96O10S3/c1-61(2,3)48-33-42(34-49(58(48)71)62(4,5)6)19-22-54(67)74-25-28-77-39-45-31-46(40-78-29-26-75-55(68)23-20-43-35-50(63(7,8)9)59(72)51(36-43)64(10,11)12)57(70)47(32-45)41-79-30-27-76-56(69)24-21-44-37-52(65(13,14)15)60(73)53(38-44)66(16,17)18/h31-38,70-73H,19-30,39-41H2,1-18H3. The number of aromatic hydroxyl groups is 4. The van der Waals surface area contributed by atoms with Gasteiger partial charge in [-0.2, -0.15) is 35.3 Å². The Morgan fingerprint density at radius 2 is 0.570 bits per heavy atom. The van der Waals surface area contributed by atoms with Gasteiger partial charge in [0, 0.05) is 64.9 Å². The van der Waals surface area contributed by atoms with Crippen LogP contribution in [0.1, 0.15) is 211 Å². The van der Waals surface area contributed by atoms with Crippen LogP contribution in [0.15, 0.2) is 48.5 Å². The minimum atomic E-state index is -0.288. The Bertz CT molecular complexity index is 2480. The van der Waals surface area contributed by atoms with E-state index in [-0.39, 0.29) is 95.2 Å². The van der Waals surface area contributed by atoms with Gasteiger partial charge in [-0.1, -0.05) is 173 Å². The van der Waals surface area contributed by atoms with Crippen LogP contribution in [0.4, 0.5) is 0 Å². The summed E-state index contributed by atoms with van der Waals surface area (Å²) in [7, 11) is 0. The molecule has 0 aliphatic carbocycles. The van der Waals surface area contributed by atoms with Crippen LogP contribution in [0, 0.1) is 0 Å². The zero-order chi connectivity index (χ0) is 59.5. The fraction of sp³-hybridized carbons (Fsp3) is 0.591. The second kappa shape index (κ2) is 28.0. The van der Waals surface area contributed by atoms with Gasteiger partial charge in [0.1, 0.15) is 42.8 Å². The first-order valence-corrected chi connectivity index (χ1v) is 31.5. The molecule has 0 aliphatic heterocycles. The van der Waals surface area contributed by atoms with Gasteiger partial charge in [0.2, 0.25) is 0 Å². The molecule has 0 amide bonds. The number of benzene rings is 4. The van der Waals surface area contributed by atoms with Crippen molar-refractivity contribution in [2.45, 2.75) is 213 Å². The molecule has 0 heterocycles. The molecule has 4 aromatic rings. The van der Waals surface area contributed by atoms with E-state index in [1.165, 1.54) is 0 Å². The van der Waals surface area contributed by atoms with Gasteiger partial charge in [0.25, 0.3) is 0 Å². The summed E-state index contributed by atoms with van der Waals surface area (Å²) < 4.78 is 17.0. The highest BCUT2D eigenvalue weighted by Gasteiger charge is 2.30. The molecule has 4 aromatic carbocycles. The lowest BCUT2D eigenvalue weighted by atomic mass is 9.78. The lowest BCUT2D eigenvalue weighted by molar-refractivity contribution is -0.143. The SMILES string of the molecule is CC(C)(C)c1cc(CCC(=O)OCCSCc2cc(CSCCOC(=O)CCc3cc(C(C)(C)C)c(O)c(C(C)(C)C)c3)c(O)c(CSCCOC(=O)CCc3cc(C(C)(C)C)c(O)c(C(C)(C)C)c3)c2)cc(C(C)(C)C)c1O. The van der Waals surface area contributed by atoms with Crippen LogP contribution in [0.3, 0.4) is 0 Å². The van der Waals surface area contributed by atoms with Crippen LogP contribution >= 0.6 is 35.3 Å². The number of carbonyl (C=O) groups is 3. The highest BCUT2D eigenvalue weighted by Crippen LogP contribution is 2.43. The molecule has 4 rings (SSSR count). The van der Waals surface area contributed by atoms with Gasteiger partial charge in [0.15, 0.2) is 0 Å². The minimum absolute atomic E-state index is 0.214.